The van der Waals surface area contributed by atoms with E-state index in [1.54, 1.807) is 6.08 Å². The molecule has 2 aromatic carbocycles. The Hall–Kier alpha value is -2.66. The third kappa shape index (κ3) is 3.16. The van der Waals surface area contributed by atoms with Gasteiger partial charge < -0.3 is 10.1 Å². The number of hydrogen-bond donors (Lipinski definition) is 1. The summed E-state index contributed by atoms with van der Waals surface area (Å²) in [6, 6.07) is 15.3. The highest BCUT2D eigenvalue weighted by Crippen LogP contribution is 2.25. The summed E-state index contributed by atoms with van der Waals surface area (Å²) >= 11 is 5.34. The maximum atomic E-state index is 12.7. The smallest absolute Gasteiger partial charge is 0.281 e. The van der Waals surface area contributed by atoms with Crippen LogP contribution in [0, 0.1) is 6.92 Å². The zero-order valence-corrected chi connectivity index (χ0v) is 14.4. The number of benzene rings is 2. The summed E-state index contributed by atoms with van der Waals surface area (Å²) in [5.74, 6) is 0.658. The van der Waals surface area contributed by atoms with Gasteiger partial charge in [0.15, 0.2) is 5.11 Å². The number of carbonyl (C=O) groups is 1. The average molecular weight is 338 g/mol. The van der Waals surface area contributed by atoms with Gasteiger partial charge in [-0.05, 0) is 61.5 Å². The molecule has 1 amide bonds. The summed E-state index contributed by atoms with van der Waals surface area (Å²) in [7, 11) is 0. The first-order chi connectivity index (χ1) is 11.6. The molecular formula is C19H18N2O2S. The molecule has 1 heterocycles. The predicted molar refractivity (Wildman–Crippen MR) is 100.0 cm³/mol. The molecule has 1 fully saturated rings. The minimum absolute atomic E-state index is 0.150. The maximum absolute atomic E-state index is 12.7. The number of rotatable bonds is 4. The molecule has 0 aliphatic carbocycles. The van der Waals surface area contributed by atoms with E-state index in [0.29, 0.717) is 17.4 Å². The second kappa shape index (κ2) is 6.84. The normalized spacial score (nSPS) is 15.8. The first-order valence-electron chi connectivity index (χ1n) is 7.76. The summed E-state index contributed by atoms with van der Waals surface area (Å²) in [6.07, 6.45) is 1.79. The van der Waals surface area contributed by atoms with E-state index in [1.807, 2.05) is 62.4 Å². The van der Waals surface area contributed by atoms with E-state index in [0.717, 1.165) is 22.6 Å². The summed E-state index contributed by atoms with van der Waals surface area (Å²) in [4.78, 5) is 14.3. The molecule has 1 saturated heterocycles. The van der Waals surface area contributed by atoms with E-state index in [-0.39, 0.29) is 5.91 Å². The van der Waals surface area contributed by atoms with E-state index in [4.69, 9.17) is 17.0 Å². The summed E-state index contributed by atoms with van der Waals surface area (Å²) in [6.45, 7) is 4.53. The highest BCUT2D eigenvalue weighted by atomic mass is 32.1. The van der Waals surface area contributed by atoms with Gasteiger partial charge in [0.2, 0.25) is 0 Å². The number of amides is 1. The molecule has 0 bridgehead atoms. The van der Waals surface area contributed by atoms with Crippen LogP contribution in [0.15, 0.2) is 54.2 Å². The molecule has 5 heteroatoms. The Bertz CT molecular complexity index is 812. The predicted octanol–water partition coefficient (Wildman–Crippen LogP) is 3.66. The van der Waals surface area contributed by atoms with Crippen LogP contribution in [0.2, 0.25) is 0 Å². The van der Waals surface area contributed by atoms with Gasteiger partial charge in [-0.25, -0.2) is 0 Å². The number of aryl methyl sites for hydroxylation is 1. The van der Waals surface area contributed by atoms with Gasteiger partial charge >= 0.3 is 0 Å². The molecule has 24 heavy (non-hydrogen) atoms. The van der Waals surface area contributed by atoms with Crippen LogP contribution in [0.3, 0.4) is 0 Å². The van der Waals surface area contributed by atoms with Crippen molar-refractivity contribution in [3.8, 4) is 5.75 Å². The lowest BCUT2D eigenvalue weighted by Crippen LogP contribution is -2.30. The van der Waals surface area contributed by atoms with Crippen molar-refractivity contribution in [1.82, 2.24) is 5.32 Å². The molecule has 0 spiro atoms. The largest absolute Gasteiger partial charge is 0.494 e. The Kier molecular flexibility index (Phi) is 4.62. The fourth-order valence-corrected chi connectivity index (χ4v) is 2.85. The molecule has 0 unspecified atom stereocenters. The van der Waals surface area contributed by atoms with Crippen molar-refractivity contribution in [2.45, 2.75) is 13.8 Å². The van der Waals surface area contributed by atoms with Gasteiger partial charge in [-0.2, -0.15) is 0 Å². The second-order valence-corrected chi connectivity index (χ2v) is 5.80. The van der Waals surface area contributed by atoms with Crippen molar-refractivity contribution in [2.75, 3.05) is 11.5 Å². The number of nitrogens with zero attached hydrogens (tertiary/aromatic N) is 1. The van der Waals surface area contributed by atoms with Crippen LogP contribution in [-0.2, 0) is 4.79 Å². The van der Waals surface area contributed by atoms with E-state index in [2.05, 4.69) is 5.32 Å². The van der Waals surface area contributed by atoms with Crippen LogP contribution in [0.1, 0.15) is 18.1 Å². The lowest BCUT2D eigenvalue weighted by molar-refractivity contribution is -0.113. The monoisotopic (exact) mass is 338 g/mol. The van der Waals surface area contributed by atoms with Crippen molar-refractivity contribution < 1.29 is 9.53 Å². The minimum Gasteiger partial charge on any atom is -0.494 e. The van der Waals surface area contributed by atoms with Gasteiger partial charge in [-0.15, -0.1) is 0 Å². The lowest BCUT2D eigenvalue weighted by atomic mass is 10.1. The van der Waals surface area contributed by atoms with Crippen molar-refractivity contribution in [3.63, 3.8) is 0 Å². The number of carbonyl (C=O) groups excluding carboxylic acids is 1. The number of nitrogens with one attached hydrogen (secondary N) is 1. The van der Waals surface area contributed by atoms with E-state index in [9.17, 15) is 4.79 Å². The van der Waals surface area contributed by atoms with Crippen LogP contribution in [0.25, 0.3) is 6.08 Å². The zero-order chi connectivity index (χ0) is 17.1. The first kappa shape index (κ1) is 16.2. The van der Waals surface area contributed by atoms with E-state index in [1.165, 1.54) is 4.90 Å². The molecule has 1 aliphatic heterocycles. The van der Waals surface area contributed by atoms with Crippen LogP contribution in [0.5, 0.6) is 5.75 Å². The average Bonchev–Trinajstić information content (AvgIpc) is 2.84. The number of hydrogen-bond acceptors (Lipinski definition) is 3. The standard InChI is InChI=1S/C19H18N2O2S/c1-3-23-15-10-8-14(9-11-15)12-16-18(22)21(19(24)20-16)17-7-5-4-6-13(17)2/h4-12H,3H2,1-2H3,(H,20,24)/b16-12+. The highest BCUT2D eigenvalue weighted by molar-refractivity contribution is 7.80. The lowest BCUT2D eigenvalue weighted by Gasteiger charge is -2.16. The van der Waals surface area contributed by atoms with E-state index < -0.39 is 0 Å². The molecule has 0 atom stereocenters. The van der Waals surface area contributed by atoms with E-state index >= 15 is 0 Å². The summed E-state index contributed by atoms with van der Waals surface area (Å²) in [5.41, 5.74) is 3.17. The SMILES string of the molecule is CCOc1ccc(/C=C2/NC(=S)N(c3ccccc3C)C2=O)cc1. The molecule has 0 radical (unpaired) electrons. The molecule has 1 aliphatic rings. The minimum atomic E-state index is -0.150. The molecule has 2 aromatic rings. The third-order valence-corrected chi connectivity index (χ3v) is 4.02. The molecule has 122 valence electrons. The van der Waals surface area contributed by atoms with Crippen molar-refractivity contribution in [1.29, 1.82) is 0 Å². The van der Waals surface area contributed by atoms with Crippen LogP contribution in [-0.4, -0.2) is 17.6 Å². The Morgan fingerprint density at radius 2 is 1.88 bits per heavy atom. The van der Waals surface area contributed by atoms with Gasteiger partial charge in [0.1, 0.15) is 11.4 Å². The Labute approximate surface area is 146 Å². The molecule has 0 saturated carbocycles. The van der Waals surface area contributed by atoms with Crippen molar-refractivity contribution >= 4 is 35.0 Å². The zero-order valence-electron chi connectivity index (χ0n) is 13.6. The first-order valence-corrected chi connectivity index (χ1v) is 8.16. The molecule has 4 nitrogen and oxygen atoms in total. The quantitative estimate of drug-likeness (QED) is 0.682. The summed E-state index contributed by atoms with van der Waals surface area (Å²) in [5, 5.41) is 3.40. The van der Waals surface area contributed by atoms with Crippen LogP contribution in [0.4, 0.5) is 5.69 Å². The van der Waals surface area contributed by atoms with Gasteiger partial charge in [-0.3, -0.25) is 9.69 Å². The van der Waals surface area contributed by atoms with Gasteiger partial charge in [-0.1, -0.05) is 30.3 Å². The van der Waals surface area contributed by atoms with Gasteiger partial charge in [0, 0.05) is 0 Å². The van der Waals surface area contributed by atoms with Gasteiger partial charge in [0.25, 0.3) is 5.91 Å². The number of thiocarbonyl (C=S) groups is 1. The number of para-hydroxylation sites is 1. The molecule has 0 aromatic heterocycles. The van der Waals surface area contributed by atoms with Crippen molar-refractivity contribution in [2.24, 2.45) is 0 Å². The Balaban J connectivity index is 1.87. The molecule has 1 N–H and O–H groups in total. The molecular weight excluding hydrogens is 320 g/mol. The van der Waals surface area contributed by atoms with Gasteiger partial charge in [0.05, 0.1) is 12.3 Å². The molecule has 3 rings (SSSR count). The van der Waals surface area contributed by atoms with Crippen molar-refractivity contribution in [3.05, 3.63) is 65.4 Å². The fourth-order valence-electron chi connectivity index (χ4n) is 2.56. The van der Waals surface area contributed by atoms with Crippen LogP contribution < -0.4 is 15.0 Å². The fraction of sp³-hybridized carbons (Fsp3) is 0.158. The number of ether oxygens (including phenoxy) is 1. The second-order valence-electron chi connectivity index (χ2n) is 5.42. The van der Waals surface area contributed by atoms with Crippen LogP contribution >= 0.6 is 12.2 Å². The summed E-state index contributed by atoms with van der Waals surface area (Å²) < 4.78 is 5.42. The topological polar surface area (TPSA) is 41.6 Å². The number of anilines is 1. The Morgan fingerprint density at radius 1 is 1.17 bits per heavy atom. The third-order valence-electron chi connectivity index (χ3n) is 3.74. The highest BCUT2D eigenvalue weighted by Gasteiger charge is 2.32. The maximum Gasteiger partial charge on any atom is 0.281 e. The Morgan fingerprint density at radius 3 is 2.54 bits per heavy atom.